The van der Waals surface area contributed by atoms with Crippen molar-refractivity contribution < 1.29 is 14.3 Å². The van der Waals surface area contributed by atoms with E-state index >= 15 is 0 Å². The van der Waals surface area contributed by atoms with Crippen LogP contribution in [-0.4, -0.2) is 32.6 Å². The highest BCUT2D eigenvalue weighted by molar-refractivity contribution is 6.42. The lowest BCUT2D eigenvalue weighted by Gasteiger charge is -2.13. The summed E-state index contributed by atoms with van der Waals surface area (Å²) in [6.07, 6.45) is 0.0240. The van der Waals surface area contributed by atoms with Gasteiger partial charge in [-0.15, -0.1) is 0 Å². The average molecular weight is 395 g/mol. The van der Waals surface area contributed by atoms with Gasteiger partial charge in [-0.25, -0.2) is 0 Å². The summed E-state index contributed by atoms with van der Waals surface area (Å²) >= 11 is 11.7. The van der Waals surface area contributed by atoms with Crippen molar-refractivity contribution in [2.75, 3.05) is 25.6 Å². The van der Waals surface area contributed by atoms with Crippen LogP contribution < -0.4 is 10.2 Å². The number of amides is 1. The molecule has 0 fully saturated rings. The number of rotatable bonds is 7. The van der Waals surface area contributed by atoms with Crippen molar-refractivity contribution in [3.8, 4) is 0 Å². The highest BCUT2D eigenvalue weighted by atomic mass is 35.5. The van der Waals surface area contributed by atoms with Crippen molar-refractivity contribution in [2.24, 2.45) is 0 Å². The predicted molar refractivity (Wildman–Crippen MR) is 104 cm³/mol. The Balaban J connectivity index is 1.73. The van der Waals surface area contributed by atoms with E-state index < -0.39 is 5.97 Å². The number of halogens is 2. The lowest BCUT2D eigenvalue weighted by atomic mass is 10.1. The number of nitrogens with one attached hydrogen (secondary N) is 1. The molecule has 1 N–H and O–H groups in total. The van der Waals surface area contributed by atoms with Crippen LogP contribution in [0.2, 0.25) is 10.0 Å². The van der Waals surface area contributed by atoms with Crippen molar-refractivity contribution in [3.63, 3.8) is 0 Å². The first kappa shape index (κ1) is 20.1. The number of nitrogens with zero attached hydrogens (tertiary/aromatic N) is 1. The second-order valence-electron chi connectivity index (χ2n) is 5.92. The molecule has 0 aliphatic carbocycles. The molecular weight excluding hydrogens is 375 g/mol. The number of hydrogen-bond acceptors (Lipinski definition) is 4. The van der Waals surface area contributed by atoms with E-state index in [1.54, 1.807) is 18.2 Å². The first-order chi connectivity index (χ1) is 12.3. The van der Waals surface area contributed by atoms with Crippen molar-refractivity contribution in [1.82, 2.24) is 5.32 Å². The maximum Gasteiger partial charge on any atom is 0.310 e. The summed E-state index contributed by atoms with van der Waals surface area (Å²) in [6.45, 7) is 0.0484. The van der Waals surface area contributed by atoms with E-state index in [0.29, 0.717) is 22.2 Å². The van der Waals surface area contributed by atoms with Crippen LogP contribution in [0.3, 0.4) is 0 Å². The fourth-order valence-electron chi connectivity index (χ4n) is 2.18. The van der Waals surface area contributed by atoms with E-state index in [9.17, 15) is 9.59 Å². The fourth-order valence-corrected chi connectivity index (χ4v) is 2.50. The molecule has 138 valence electrons. The molecule has 0 aliphatic heterocycles. The predicted octanol–water partition coefficient (Wildman–Crippen LogP) is 3.46. The Morgan fingerprint density at radius 2 is 1.65 bits per heavy atom. The van der Waals surface area contributed by atoms with E-state index in [0.717, 1.165) is 11.3 Å². The van der Waals surface area contributed by atoms with Crippen molar-refractivity contribution in [3.05, 3.63) is 63.6 Å². The molecule has 0 saturated carbocycles. The van der Waals surface area contributed by atoms with Crippen LogP contribution in [0.4, 0.5) is 5.69 Å². The minimum Gasteiger partial charge on any atom is -0.455 e. The summed E-state index contributed by atoms with van der Waals surface area (Å²) in [5.41, 5.74) is 2.72. The van der Waals surface area contributed by atoms with Gasteiger partial charge >= 0.3 is 5.97 Å². The van der Waals surface area contributed by atoms with Crippen LogP contribution in [-0.2, 0) is 27.3 Å². The third-order valence-electron chi connectivity index (χ3n) is 3.64. The van der Waals surface area contributed by atoms with Gasteiger partial charge in [0.2, 0.25) is 0 Å². The number of carbonyl (C=O) groups is 2. The summed E-state index contributed by atoms with van der Waals surface area (Å²) in [5.74, 6) is -0.863. The highest BCUT2D eigenvalue weighted by Gasteiger charge is 2.10. The minimum atomic E-state index is -0.506. The van der Waals surface area contributed by atoms with Gasteiger partial charge in [-0.2, -0.15) is 0 Å². The zero-order chi connectivity index (χ0) is 19.1. The molecule has 0 atom stereocenters. The monoisotopic (exact) mass is 394 g/mol. The first-order valence-corrected chi connectivity index (χ1v) is 8.73. The summed E-state index contributed by atoms with van der Waals surface area (Å²) in [4.78, 5) is 25.6. The SMILES string of the molecule is CN(C)c1ccc(CNC(=O)COC(=O)Cc2ccc(Cl)c(Cl)c2)cc1. The molecule has 0 heterocycles. The molecule has 1 amide bonds. The summed E-state index contributed by atoms with van der Waals surface area (Å²) in [5, 5.41) is 3.50. The molecular formula is C19H20Cl2N2O3. The topological polar surface area (TPSA) is 58.6 Å². The maximum absolute atomic E-state index is 11.8. The standard InChI is InChI=1S/C19H20Cl2N2O3/c1-23(2)15-6-3-13(4-7-15)11-22-18(24)12-26-19(25)10-14-5-8-16(20)17(21)9-14/h3-9H,10-12H2,1-2H3,(H,22,24). The van der Waals surface area contributed by atoms with E-state index in [1.165, 1.54) is 0 Å². The zero-order valence-corrected chi connectivity index (χ0v) is 16.1. The molecule has 0 unspecified atom stereocenters. The average Bonchev–Trinajstić information content (AvgIpc) is 2.61. The Bertz CT molecular complexity index is 777. The molecule has 2 aromatic carbocycles. The van der Waals surface area contributed by atoms with Crippen LogP contribution in [0.5, 0.6) is 0 Å². The van der Waals surface area contributed by atoms with Crippen LogP contribution in [0.25, 0.3) is 0 Å². The third kappa shape index (κ3) is 6.24. The number of benzene rings is 2. The van der Waals surface area contributed by atoms with Gasteiger partial charge < -0.3 is 15.0 Å². The zero-order valence-electron chi connectivity index (χ0n) is 14.6. The van der Waals surface area contributed by atoms with Crippen molar-refractivity contribution in [1.29, 1.82) is 0 Å². The molecule has 0 bridgehead atoms. The number of esters is 1. The minimum absolute atomic E-state index is 0.0240. The Kier molecular flexibility index (Phi) is 7.30. The molecule has 0 aliphatic rings. The van der Waals surface area contributed by atoms with Crippen LogP contribution in [0.15, 0.2) is 42.5 Å². The molecule has 5 nitrogen and oxygen atoms in total. The Labute approximate surface area is 162 Å². The van der Waals surface area contributed by atoms with Gasteiger partial charge in [-0.05, 0) is 35.4 Å². The normalized spacial score (nSPS) is 10.3. The molecule has 0 saturated heterocycles. The summed E-state index contributed by atoms with van der Waals surface area (Å²) in [7, 11) is 3.92. The van der Waals surface area contributed by atoms with Gasteiger partial charge in [0.1, 0.15) is 0 Å². The second-order valence-corrected chi connectivity index (χ2v) is 6.74. The van der Waals surface area contributed by atoms with E-state index in [-0.39, 0.29) is 18.9 Å². The first-order valence-electron chi connectivity index (χ1n) is 7.97. The molecule has 0 radical (unpaired) electrons. The highest BCUT2D eigenvalue weighted by Crippen LogP contribution is 2.22. The van der Waals surface area contributed by atoms with Crippen LogP contribution in [0, 0.1) is 0 Å². The largest absolute Gasteiger partial charge is 0.455 e. The maximum atomic E-state index is 11.8. The van der Waals surface area contributed by atoms with Crippen molar-refractivity contribution in [2.45, 2.75) is 13.0 Å². The number of anilines is 1. The quantitative estimate of drug-likeness (QED) is 0.730. The van der Waals surface area contributed by atoms with Gasteiger partial charge in [-0.1, -0.05) is 41.4 Å². The van der Waals surface area contributed by atoms with Gasteiger partial charge in [0.05, 0.1) is 16.5 Å². The Morgan fingerprint density at radius 3 is 2.27 bits per heavy atom. The molecule has 0 spiro atoms. The number of carbonyl (C=O) groups excluding carboxylic acids is 2. The molecule has 26 heavy (non-hydrogen) atoms. The van der Waals surface area contributed by atoms with Gasteiger partial charge in [0.25, 0.3) is 5.91 Å². The van der Waals surface area contributed by atoms with Gasteiger partial charge in [0.15, 0.2) is 6.61 Å². The van der Waals surface area contributed by atoms with Gasteiger partial charge in [-0.3, -0.25) is 9.59 Å². The van der Waals surface area contributed by atoms with Gasteiger partial charge in [0, 0.05) is 26.3 Å². The van der Waals surface area contributed by atoms with Crippen LogP contribution in [0.1, 0.15) is 11.1 Å². The molecule has 7 heteroatoms. The molecule has 2 rings (SSSR count). The fraction of sp³-hybridized carbons (Fsp3) is 0.263. The van der Waals surface area contributed by atoms with E-state index in [4.69, 9.17) is 27.9 Å². The van der Waals surface area contributed by atoms with Crippen molar-refractivity contribution >= 4 is 40.8 Å². The van der Waals surface area contributed by atoms with E-state index in [2.05, 4.69) is 5.32 Å². The number of ether oxygens (including phenoxy) is 1. The number of hydrogen-bond donors (Lipinski definition) is 1. The Hall–Kier alpha value is -2.24. The second kappa shape index (κ2) is 9.46. The molecule has 2 aromatic rings. The Morgan fingerprint density at radius 1 is 1.00 bits per heavy atom. The lowest BCUT2D eigenvalue weighted by Crippen LogP contribution is -2.28. The lowest BCUT2D eigenvalue weighted by molar-refractivity contribution is -0.147. The summed E-state index contributed by atoms with van der Waals surface area (Å²) < 4.78 is 4.98. The molecule has 0 aromatic heterocycles. The van der Waals surface area contributed by atoms with Crippen LogP contribution >= 0.6 is 23.2 Å². The van der Waals surface area contributed by atoms with E-state index in [1.807, 2.05) is 43.3 Å². The third-order valence-corrected chi connectivity index (χ3v) is 4.38. The smallest absolute Gasteiger partial charge is 0.310 e. The summed E-state index contributed by atoms with van der Waals surface area (Å²) in [6, 6.07) is 12.7.